The summed E-state index contributed by atoms with van der Waals surface area (Å²) in [6.45, 7) is 4.60. The first-order valence-corrected chi connectivity index (χ1v) is 10.0. The normalized spacial score (nSPS) is 51.3. The first kappa shape index (κ1) is 19.0. The number of Topliss-reactive ketones (excluding diaryl/α,β-unsaturated/α-hetero) is 1. The number of ketones is 2. The van der Waals surface area contributed by atoms with Gasteiger partial charge in [0, 0.05) is 16.7 Å². The summed E-state index contributed by atoms with van der Waals surface area (Å²) in [6.07, 6.45) is 7.04. The molecule has 27 heavy (non-hydrogen) atoms. The summed E-state index contributed by atoms with van der Waals surface area (Å²) in [5.41, 5.74) is -1.87. The van der Waals surface area contributed by atoms with Gasteiger partial charge in [0.05, 0.1) is 6.10 Å². The van der Waals surface area contributed by atoms with Crippen molar-refractivity contribution in [1.82, 2.24) is 0 Å². The van der Waals surface area contributed by atoms with E-state index in [9.17, 15) is 24.2 Å². The largest absolute Gasteiger partial charge is 0.393 e. The summed E-state index contributed by atoms with van der Waals surface area (Å²) in [7, 11) is 0. The molecule has 148 valence electrons. The van der Waals surface area contributed by atoms with Crippen LogP contribution in [-0.4, -0.2) is 40.2 Å². The molecule has 2 N–H and O–H groups in total. The number of hydrogen-bond donors (Lipinski definition) is 2. The highest BCUT2D eigenvalue weighted by Crippen LogP contribution is 2.68. The highest BCUT2D eigenvalue weighted by Gasteiger charge is 2.70. The number of hydrogen-bond acceptors (Lipinski definition) is 4. The second kappa shape index (κ2) is 5.84. The Hall–Kier alpha value is -1.33. The van der Waals surface area contributed by atoms with Crippen molar-refractivity contribution in [2.75, 3.05) is 6.67 Å². The molecule has 0 aromatic rings. The Morgan fingerprint density at radius 1 is 1.37 bits per heavy atom. The van der Waals surface area contributed by atoms with Gasteiger partial charge in [0.25, 0.3) is 0 Å². The Morgan fingerprint density at radius 2 is 2.07 bits per heavy atom. The Labute approximate surface area is 159 Å². The van der Waals surface area contributed by atoms with Crippen LogP contribution in [0.1, 0.15) is 46.5 Å². The molecule has 0 amide bonds. The molecule has 4 aliphatic rings. The molecule has 4 nitrogen and oxygen atoms in total. The van der Waals surface area contributed by atoms with Gasteiger partial charge in [-0.15, -0.1) is 0 Å². The predicted octanol–water partition coefficient (Wildman–Crippen LogP) is 2.78. The fraction of sp³-hybridized carbons (Fsp3) is 0.727. The minimum atomic E-state index is -1.73. The number of fused-ring (bicyclic) bond motifs is 5. The number of rotatable bonds is 2. The zero-order valence-corrected chi connectivity index (χ0v) is 16.2. The molecule has 3 fully saturated rings. The van der Waals surface area contributed by atoms with Crippen LogP contribution in [0.25, 0.3) is 0 Å². The van der Waals surface area contributed by atoms with Gasteiger partial charge < -0.3 is 10.2 Å². The van der Waals surface area contributed by atoms with Gasteiger partial charge in [0.1, 0.15) is 5.60 Å². The summed E-state index contributed by atoms with van der Waals surface area (Å²) in [6, 6.07) is 0. The molecular weight excluding hydrogens is 347 g/mol. The van der Waals surface area contributed by atoms with Crippen LogP contribution >= 0.6 is 0 Å². The SMILES string of the molecule is CC1C[C@H]2[C@@H]3CCC4=CC(=O)C=C[C@]4(C)[C@H]3C(O)C[C@]2(C)[C@@]1(O)C(=O)CF. The summed E-state index contributed by atoms with van der Waals surface area (Å²) < 4.78 is 13.3. The predicted molar refractivity (Wildman–Crippen MR) is 98.5 cm³/mol. The molecule has 0 aromatic carbocycles. The highest BCUT2D eigenvalue weighted by molar-refractivity contribution is 6.01. The van der Waals surface area contributed by atoms with E-state index >= 15 is 0 Å². The van der Waals surface area contributed by atoms with Crippen molar-refractivity contribution in [3.63, 3.8) is 0 Å². The van der Waals surface area contributed by atoms with Crippen molar-refractivity contribution in [2.24, 2.45) is 34.5 Å². The summed E-state index contributed by atoms with van der Waals surface area (Å²) >= 11 is 0. The van der Waals surface area contributed by atoms with E-state index in [1.165, 1.54) is 0 Å². The number of aliphatic hydroxyl groups excluding tert-OH is 1. The molecule has 3 saturated carbocycles. The molecule has 0 bridgehead atoms. The Balaban J connectivity index is 1.78. The number of aliphatic hydroxyl groups is 2. The lowest BCUT2D eigenvalue weighted by Gasteiger charge is -2.59. The molecule has 0 spiro atoms. The number of carbonyl (C=O) groups is 2. The molecule has 0 saturated heterocycles. The summed E-state index contributed by atoms with van der Waals surface area (Å²) in [5.74, 6) is -0.983. The van der Waals surface area contributed by atoms with Crippen LogP contribution < -0.4 is 0 Å². The van der Waals surface area contributed by atoms with Crippen LogP contribution in [0.5, 0.6) is 0 Å². The molecule has 0 aliphatic heterocycles. The van der Waals surface area contributed by atoms with E-state index in [-0.39, 0.29) is 41.3 Å². The van der Waals surface area contributed by atoms with E-state index in [0.29, 0.717) is 6.42 Å². The van der Waals surface area contributed by atoms with Crippen LogP contribution in [0, 0.1) is 34.5 Å². The first-order chi connectivity index (χ1) is 12.6. The Kier molecular flexibility index (Phi) is 4.11. The maximum absolute atomic E-state index is 13.3. The van der Waals surface area contributed by atoms with Gasteiger partial charge >= 0.3 is 0 Å². The fourth-order valence-electron chi connectivity index (χ4n) is 7.36. The molecular formula is C22H29FO4. The van der Waals surface area contributed by atoms with Crippen LogP contribution in [0.15, 0.2) is 23.8 Å². The minimum Gasteiger partial charge on any atom is -0.393 e. The second-order valence-corrected chi connectivity index (χ2v) is 9.67. The molecule has 4 aliphatic carbocycles. The van der Waals surface area contributed by atoms with Crippen molar-refractivity contribution in [1.29, 1.82) is 0 Å². The lowest BCUT2D eigenvalue weighted by molar-refractivity contribution is -0.182. The minimum absolute atomic E-state index is 0.00605. The van der Waals surface area contributed by atoms with Crippen LogP contribution in [0.4, 0.5) is 4.39 Å². The molecule has 0 aromatic heterocycles. The van der Waals surface area contributed by atoms with Gasteiger partial charge in [-0.1, -0.05) is 32.4 Å². The van der Waals surface area contributed by atoms with Crippen LogP contribution in [0.3, 0.4) is 0 Å². The molecule has 5 heteroatoms. The third-order valence-corrected chi connectivity index (χ3v) is 8.62. The quantitative estimate of drug-likeness (QED) is 0.777. The van der Waals surface area contributed by atoms with Crippen LogP contribution in [0.2, 0.25) is 0 Å². The van der Waals surface area contributed by atoms with Crippen LogP contribution in [-0.2, 0) is 9.59 Å². The average Bonchev–Trinajstić information content (AvgIpc) is 2.82. The lowest BCUT2D eigenvalue weighted by Crippen LogP contribution is -2.62. The number of carbonyl (C=O) groups excluding carboxylic acids is 2. The summed E-state index contributed by atoms with van der Waals surface area (Å²) in [4.78, 5) is 24.3. The zero-order valence-electron chi connectivity index (χ0n) is 16.2. The Bertz CT molecular complexity index is 757. The molecule has 0 radical (unpaired) electrons. The van der Waals surface area contributed by atoms with E-state index in [4.69, 9.17) is 0 Å². The smallest absolute Gasteiger partial charge is 0.196 e. The second-order valence-electron chi connectivity index (χ2n) is 9.67. The van der Waals surface area contributed by atoms with Gasteiger partial charge in [0.15, 0.2) is 18.2 Å². The standard InChI is InChI=1S/C22H29FO4/c1-12-8-16-15-5-4-13-9-14(24)6-7-20(13,2)19(15)17(25)10-21(16,3)22(12,27)18(26)11-23/h6-7,9,12,15-17,19,25,27H,4-5,8,10-11H2,1-3H3/t12?,15-,16-,17?,19+,20-,21-,22-/m0/s1. The zero-order chi connectivity index (χ0) is 19.8. The van der Waals surface area contributed by atoms with E-state index < -0.39 is 29.6 Å². The van der Waals surface area contributed by atoms with Gasteiger partial charge in [-0.2, -0.15) is 0 Å². The molecule has 4 rings (SSSR count). The number of allylic oxidation sites excluding steroid dienone is 4. The maximum atomic E-state index is 13.3. The van der Waals surface area contributed by atoms with Gasteiger partial charge in [0.2, 0.25) is 0 Å². The van der Waals surface area contributed by atoms with E-state index in [0.717, 1.165) is 18.4 Å². The van der Waals surface area contributed by atoms with Crippen molar-refractivity contribution in [3.8, 4) is 0 Å². The lowest BCUT2D eigenvalue weighted by atomic mass is 9.46. The Morgan fingerprint density at radius 3 is 2.74 bits per heavy atom. The third kappa shape index (κ3) is 2.21. The van der Waals surface area contributed by atoms with Crippen molar-refractivity contribution < 1.29 is 24.2 Å². The summed E-state index contributed by atoms with van der Waals surface area (Å²) in [5, 5.41) is 22.5. The fourth-order valence-corrected chi connectivity index (χ4v) is 7.36. The number of halogens is 1. The van der Waals surface area contributed by atoms with Crippen molar-refractivity contribution in [2.45, 2.75) is 58.2 Å². The van der Waals surface area contributed by atoms with E-state index in [1.54, 1.807) is 12.2 Å². The first-order valence-electron chi connectivity index (χ1n) is 10.0. The highest BCUT2D eigenvalue weighted by atomic mass is 19.1. The molecule has 2 unspecified atom stereocenters. The molecule has 0 heterocycles. The van der Waals surface area contributed by atoms with Crippen molar-refractivity contribution >= 4 is 11.6 Å². The third-order valence-electron chi connectivity index (χ3n) is 8.62. The van der Waals surface area contributed by atoms with E-state index in [2.05, 4.69) is 6.92 Å². The van der Waals surface area contributed by atoms with Gasteiger partial charge in [-0.25, -0.2) is 4.39 Å². The van der Waals surface area contributed by atoms with Crippen molar-refractivity contribution in [3.05, 3.63) is 23.8 Å². The number of alkyl halides is 1. The topological polar surface area (TPSA) is 74.6 Å². The molecule has 8 atom stereocenters. The van der Waals surface area contributed by atoms with Gasteiger partial charge in [-0.3, -0.25) is 9.59 Å². The maximum Gasteiger partial charge on any atom is 0.196 e. The van der Waals surface area contributed by atoms with Gasteiger partial charge in [-0.05, 0) is 55.6 Å². The monoisotopic (exact) mass is 376 g/mol. The average molecular weight is 376 g/mol. The van der Waals surface area contributed by atoms with E-state index in [1.807, 2.05) is 19.9 Å².